The van der Waals surface area contributed by atoms with Gasteiger partial charge in [-0.3, -0.25) is 4.79 Å². The van der Waals surface area contributed by atoms with Crippen LogP contribution in [0.25, 0.3) is 0 Å². The lowest BCUT2D eigenvalue weighted by Gasteiger charge is -2.16. The number of rotatable bonds is 3. The van der Waals surface area contributed by atoms with Crippen molar-refractivity contribution in [2.75, 3.05) is 20.6 Å². The average molecular weight is 232 g/mol. The molecule has 1 aromatic carbocycles. The quantitative estimate of drug-likeness (QED) is 0.859. The smallest absolute Gasteiger partial charge is 0.236 e. The van der Waals surface area contributed by atoms with E-state index in [1.165, 1.54) is 16.7 Å². The van der Waals surface area contributed by atoms with Gasteiger partial charge in [-0.2, -0.15) is 0 Å². The van der Waals surface area contributed by atoms with E-state index in [1.807, 2.05) is 0 Å². The van der Waals surface area contributed by atoms with Crippen molar-refractivity contribution in [2.45, 2.75) is 25.8 Å². The summed E-state index contributed by atoms with van der Waals surface area (Å²) in [5.41, 5.74) is 4.08. The molecule has 0 spiro atoms. The predicted molar refractivity (Wildman–Crippen MR) is 68.9 cm³/mol. The number of carbonyl (C=O) groups excluding carboxylic acids is 1. The van der Waals surface area contributed by atoms with Gasteiger partial charge >= 0.3 is 0 Å². The Morgan fingerprint density at radius 3 is 2.94 bits per heavy atom. The highest BCUT2D eigenvalue weighted by Crippen LogP contribution is 2.31. The van der Waals surface area contributed by atoms with Gasteiger partial charge in [0.25, 0.3) is 0 Å². The van der Waals surface area contributed by atoms with Crippen LogP contribution >= 0.6 is 0 Å². The zero-order valence-corrected chi connectivity index (χ0v) is 10.8. The van der Waals surface area contributed by atoms with Crippen LogP contribution in [0.3, 0.4) is 0 Å². The van der Waals surface area contributed by atoms with E-state index in [4.69, 9.17) is 0 Å². The Kier molecular flexibility index (Phi) is 3.48. The van der Waals surface area contributed by atoms with E-state index < -0.39 is 0 Å². The molecule has 1 unspecified atom stereocenters. The molecule has 92 valence electrons. The minimum atomic E-state index is 0.131. The van der Waals surface area contributed by atoms with Crippen LogP contribution in [0.2, 0.25) is 0 Å². The number of aryl methyl sites for hydroxylation is 2. The highest BCUT2D eigenvalue weighted by molar-refractivity contribution is 5.77. The third-order valence-corrected chi connectivity index (χ3v) is 3.38. The number of nitrogens with zero attached hydrogens (tertiary/aromatic N) is 1. The number of nitrogens with one attached hydrogen (secondary N) is 1. The van der Waals surface area contributed by atoms with E-state index in [-0.39, 0.29) is 5.91 Å². The summed E-state index contributed by atoms with van der Waals surface area (Å²) in [7, 11) is 3.58. The van der Waals surface area contributed by atoms with Crippen molar-refractivity contribution in [3.63, 3.8) is 0 Å². The van der Waals surface area contributed by atoms with Gasteiger partial charge in [-0.1, -0.05) is 23.8 Å². The number of amides is 1. The first-order valence-corrected chi connectivity index (χ1v) is 6.11. The topological polar surface area (TPSA) is 32.3 Å². The lowest BCUT2D eigenvalue weighted by molar-refractivity contribution is -0.127. The first-order chi connectivity index (χ1) is 8.08. The first-order valence-electron chi connectivity index (χ1n) is 6.11. The van der Waals surface area contributed by atoms with E-state index in [2.05, 4.69) is 30.4 Å². The molecule has 1 amide bonds. The molecule has 0 saturated heterocycles. The lowest BCUT2D eigenvalue weighted by atomic mass is 10.1. The van der Waals surface area contributed by atoms with E-state index >= 15 is 0 Å². The van der Waals surface area contributed by atoms with Crippen molar-refractivity contribution in [1.82, 2.24) is 10.2 Å². The second-order valence-electron chi connectivity index (χ2n) is 4.96. The normalized spacial score (nSPS) is 17.9. The second-order valence-corrected chi connectivity index (χ2v) is 4.96. The fourth-order valence-corrected chi connectivity index (χ4v) is 2.30. The SMILES string of the molecule is Cc1ccc2c(c1)C(NCC(=O)N(C)C)CC2. The van der Waals surface area contributed by atoms with E-state index in [9.17, 15) is 4.79 Å². The maximum absolute atomic E-state index is 11.5. The third-order valence-electron chi connectivity index (χ3n) is 3.38. The third kappa shape index (κ3) is 2.67. The Morgan fingerprint density at radius 1 is 1.47 bits per heavy atom. The molecule has 1 aliphatic rings. The molecule has 1 aromatic rings. The number of fused-ring (bicyclic) bond motifs is 1. The molecule has 0 bridgehead atoms. The Balaban J connectivity index is 2.02. The minimum absolute atomic E-state index is 0.131. The molecule has 0 fully saturated rings. The highest BCUT2D eigenvalue weighted by Gasteiger charge is 2.22. The molecule has 1 atom stereocenters. The van der Waals surface area contributed by atoms with Gasteiger partial charge in [-0.25, -0.2) is 0 Å². The minimum Gasteiger partial charge on any atom is -0.348 e. The van der Waals surface area contributed by atoms with Gasteiger partial charge in [0.1, 0.15) is 0 Å². The van der Waals surface area contributed by atoms with Gasteiger partial charge < -0.3 is 10.2 Å². The second kappa shape index (κ2) is 4.88. The van der Waals surface area contributed by atoms with Gasteiger partial charge in [-0.05, 0) is 30.9 Å². The molecule has 0 saturated carbocycles. The van der Waals surface area contributed by atoms with Crippen LogP contribution < -0.4 is 5.32 Å². The van der Waals surface area contributed by atoms with Crippen LogP contribution in [0.15, 0.2) is 18.2 Å². The summed E-state index contributed by atoms with van der Waals surface area (Å²) < 4.78 is 0. The lowest BCUT2D eigenvalue weighted by Crippen LogP contribution is -2.34. The monoisotopic (exact) mass is 232 g/mol. The van der Waals surface area contributed by atoms with Crippen LogP contribution in [0.4, 0.5) is 0 Å². The van der Waals surface area contributed by atoms with Crippen molar-refractivity contribution in [1.29, 1.82) is 0 Å². The summed E-state index contributed by atoms with van der Waals surface area (Å²) in [6.45, 7) is 2.53. The van der Waals surface area contributed by atoms with E-state index in [0.717, 1.165) is 12.8 Å². The van der Waals surface area contributed by atoms with Crippen molar-refractivity contribution in [2.24, 2.45) is 0 Å². The largest absolute Gasteiger partial charge is 0.348 e. The predicted octanol–water partition coefficient (Wildman–Crippen LogP) is 1.66. The summed E-state index contributed by atoms with van der Waals surface area (Å²) in [6.07, 6.45) is 2.21. The fourth-order valence-electron chi connectivity index (χ4n) is 2.30. The molecule has 1 aliphatic carbocycles. The number of carbonyl (C=O) groups is 1. The number of hydrogen-bond donors (Lipinski definition) is 1. The Hall–Kier alpha value is -1.35. The molecule has 2 rings (SSSR count). The van der Waals surface area contributed by atoms with Gasteiger partial charge in [-0.15, -0.1) is 0 Å². The summed E-state index contributed by atoms with van der Waals surface area (Å²) in [5, 5.41) is 3.35. The standard InChI is InChI=1S/C14H20N2O/c1-10-4-5-11-6-7-13(12(11)8-10)15-9-14(17)16(2)3/h4-5,8,13,15H,6-7,9H2,1-3H3. The molecule has 0 radical (unpaired) electrons. The van der Waals surface area contributed by atoms with E-state index in [1.54, 1.807) is 19.0 Å². The zero-order chi connectivity index (χ0) is 12.4. The van der Waals surface area contributed by atoms with Crippen LogP contribution in [0.5, 0.6) is 0 Å². The summed E-state index contributed by atoms with van der Waals surface area (Å²) in [5.74, 6) is 0.131. The molecule has 3 heteroatoms. The van der Waals surface area contributed by atoms with Crippen LogP contribution in [-0.2, 0) is 11.2 Å². The summed E-state index contributed by atoms with van der Waals surface area (Å²) in [4.78, 5) is 13.2. The van der Waals surface area contributed by atoms with Crippen LogP contribution in [0, 0.1) is 6.92 Å². The van der Waals surface area contributed by atoms with Crippen molar-refractivity contribution in [3.8, 4) is 0 Å². The summed E-state index contributed by atoms with van der Waals surface area (Å²) in [6, 6.07) is 6.95. The van der Waals surface area contributed by atoms with Gasteiger partial charge in [0.2, 0.25) is 5.91 Å². The maximum atomic E-state index is 11.5. The van der Waals surface area contributed by atoms with Gasteiger partial charge in [0.05, 0.1) is 6.54 Å². The summed E-state index contributed by atoms with van der Waals surface area (Å²) >= 11 is 0. The van der Waals surface area contributed by atoms with Crippen LogP contribution in [0.1, 0.15) is 29.2 Å². The van der Waals surface area contributed by atoms with Crippen molar-refractivity contribution < 1.29 is 4.79 Å². The van der Waals surface area contributed by atoms with Crippen LogP contribution in [-0.4, -0.2) is 31.4 Å². The number of hydrogen-bond acceptors (Lipinski definition) is 2. The van der Waals surface area contributed by atoms with E-state index in [0.29, 0.717) is 12.6 Å². The highest BCUT2D eigenvalue weighted by atomic mass is 16.2. The van der Waals surface area contributed by atoms with Crippen molar-refractivity contribution >= 4 is 5.91 Å². The molecule has 17 heavy (non-hydrogen) atoms. The zero-order valence-electron chi connectivity index (χ0n) is 10.8. The van der Waals surface area contributed by atoms with Gasteiger partial charge in [0, 0.05) is 20.1 Å². The number of likely N-dealkylation sites (N-methyl/N-ethyl adjacent to an activating group) is 1. The molecule has 1 N–H and O–H groups in total. The maximum Gasteiger partial charge on any atom is 0.236 e. The Morgan fingerprint density at radius 2 is 2.24 bits per heavy atom. The molecule has 0 aliphatic heterocycles. The Bertz CT molecular complexity index is 426. The van der Waals surface area contributed by atoms with Crippen molar-refractivity contribution in [3.05, 3.63) is 34.9 Å². The number of benzene rings is 1. The van der Waals surface area contributed by atoms with Gasteiger partial charge in [0.15, 0.2) is 0 Å². The average Bonchev–Trinajstić information content (AvgIpc) is 2.68. The molecule has 0 aromatic heterocycles. The fraction of sp³-hybridized carbons (Fsp3) is 0.500. The first kappa shape index (κ1) is 12.1. The molecule has 0 heterocycles. The Labute approximate surface area is 103 Å². The molecular formula is C14H20N2O. The molecule has 3 nitrogen and oxygen atoms in total. The molecular weight excluding hydrogens is 212 g/mol.